The molecule has 1 rings (SSSR count). The first kappa shape index (κ1) is 11.8. The molecule has 1 aromatic heterocycles. The van der Waals surface area contributed by atoms with Gasteiger partial charge in [-0.25, -0.2) is 0 Å². The molecule has 0 spiro atoms. The Labute approximate surface area is 90.5 Å². The molecule has 0 aliphatic heterocycles. The molecule has 2 N–H and O–H groups in total. The second kappa shape index (κ2) is 3.36. The zero-order chi connectivity index (χ0) is 11.9. The van der Waals surface area contributed by atoms with Gasteiger partial charge in [-0.1, -0.05) is 20.8 Å². The van der Waals surface area contributed by atoms with Gasteiger partial charge in [0.15, 0.2) is 0 Å². The molecular formula is C11H19N3O. The number of nitrogens with two attached hydrogens (primary N) is 1. The fourth-order valence-electron chi connectivity index (χ4n) is 1.15. The summed E-state index contributed by atoms with van der Waals surface area (Å²) >= 11 is 0. The first-order valence-electron chi connectivity index (χ1n) is 5.02. The number of hydrogen-bond acceptors (Lipinski definition) is 2. The van der Waals surface area contributed by atoms with E-state index in [1.807, 2.05) is 6.07 Å². The Morgan fingerprint density at radius 3 is 2.20 bits per heavy atom. The van der Waals surface area contributed by atoms with Crippen LogP contribution in [0.5, 0.6) is 0 Å². The first-order chi connectivity index (χ1) is 6.65. The maximum Gasteiger partial charge on any atom is 0.244 e. The van der Waals surface area contributed by atoms with Crippen LogP contribution < -0.4 is 5.73 Å². The third kappa shape index (κ3) is 2.19. The SMILES string of the molecule is CC(C)(C)c1ccn(C(C)(C)C(N)=O)n1. The monoisotopic (exact) mass is 209 g/mol. The number of aromatic nitrogens is 2. The van der Waals surface area contributed by atoms with Gasteiger partial charge in [0.05, 0.1) is 5.69 Å². The highest BCUT2D eigenvalue weighted by atomic mass is 16.1. The Bertz CT molecular complexity index is 371. The summed E-state index contributed by atoms with van der Waals surface area (Å²) in [5, 5.41) is 4.39. The second-order valence-corrected chi connectivity index (χ2v) is 5.32. The van der Waals surface area contributed by atoms with Gasteiger partial charge in [0, 0.05) is 11.6 Å². The van der Waals surface area contributed by atoms with Crippen molar-refractivity contribution < 1.29 is 4.79 Å². The Balaban J connectivity index is 3.10. The molecule has 0 aliphatic carbocycles. The van der Waals surface area contributed by atoms with E-state index in [1.54, 1.807) is 24.7 Å². The first-order valence-corrected chi connectivity index (χ1v) is 5.02. The summed E-state index contributed by atoms with van der Waals surface area (Å²) in [5.74, 6) is -0.383. The van der Waals surface area contributed by atoms with E-state index in [1.165, 1.54) is 0 Å². The van der Waals surface area contributed by atoms with Crippen LogP contribution in [0.15, 0.2) is 12.3 Å². The molecule has 0 aromatic carbocycles. The van der Waals surface area contributed by atoms with Crippen LogP contribution >= 0.6 is 0 Å². The predicted molar refractivity (Wildman–Crippen MR) is 59.4 cm³/mol. The summed E-state index contributed by atoms with van der Waals surface area (Å²) in [5.41, 5.74) is 5.49. The Hall–Kier alpha value is -1.32. The molecule has 0 atom stereocenters. The molecule has 0 bridgehead atoms. The van der Waals surface area contributed by atoms with E-state index < -0.39 is 5.54 Å². The number of primary amides is 1. The van der Waals surface area contributed by atoms with Crippen molar-refractivity contribution in [3.63, 3.8) is 0 Å². The minimum Gasteiger partial charge on any atom is -0.368 e. The zero-order valence-corrected chi connectivity index (χ0v) is 10.0. The van der Waals surface area contributed by atoms with Gasteiger partial charge in [0.2, 0.25) is 5.91 Å². The highest BCUT2D eigenvalue weighted by Crippen LogP contribution is 2.22. The fourth-order valence-corrected chi connectivity index (χ4v) is 1.15. The summed E-state index contributed by atoms with van der Waals surface area (Å²) in [6, 6.07) is 1.92. The standard InChI is InChI=1S/C11H19N3O/c1-10(2,3)8-6-7-14(13-8)11(4,5)9(12)15/h6-7H,1-5H3,(H2,12,15). The maximum absolute atomic E-state index is 11.2. The number of hydrogen-bond donors (Lipinski definition) is 1. The van der Waals surface area contributed by atoms with Crippen LogP contribution in [0.25, 0.3) is 0 Å². The highest BCUT2D eigenvalue weighted by molar-refractivity contribution is 5.81. The van der Waals surface area contributed by atoms with Gasteiger partial charge in [-0.15, -0.1) is 0 Å². The number of rotatable bonds is 2. The lowest BCUT2D eigenvalue weighted by atomic mass is 9.93. The van der Waals surface area contributed by atoms with E-state index in [-0.39, 0.29) is 11.3 Å². The number of nitrogens with zero attached hydrogens (tertiary/aromatic N) is 2. The fraction of sp³-hybridized carbons (Fsp3) is 0.636. The van der Waals surface area contributed by atoms with Gasteiger partial charge in [0.25, 0.3) is 0 Å². The molecule has 0 aliphatic rings. The normalized spacial score (nSPS) is 12.9. The van der Waals surface area contributed by atoms with Crippen molar-refractivity contribution in [1.29, 1.82) is 0 Å². The Morgan fingerprint density at radius 2 is 1.87 bits per heavy atom. The van der Waals surface area contributed by atoms with Gasteiger partial charge >= 0.3 is 0 Å². The van der Waals surface area contributed by atoms with E-state index in [2.05, 4.69) is 25.9 Å². The predicted octanol–water partition coefficient (Wildman–Crippen LogP) is 1.40. The molecule has 0 fully saturated rings. The highest BCUT2D eigenvalue weighted by Gasteiger charge is 2.29. The van der Waals surface area contributed by atoms with E-state index in [0.29, 0.717) is 0 Å². The van der Waals surface area contributed by atoms with Crippen LogP contribution in [0.4, 0.5) is 0 Å². The number of amides is 1. The average Bonchev–Trinajstić information content (AvgIpc) is 2.50. The molecule has 1 amide bonds. The summed E-state index contributed by atoms with van der Waals surface area (Å²) in [4.78, 5) is 11.2. The Morgan fingerprint density at radius 1 is 1.33 bits per heavy atom. The maximum atomic E-state index is 11.2. The van der Waals surface area contributed by atoms with Crippen LogP contribution in [-0.4, -0.2) is 15.7 Å². The van der Waals surface area contributed by atoms with E-state index in [9.17, 15) is 4.79 Å². The quantitative estimate of drug-likeness (QED) is 0.800. The van der Waals surface area contributed by atoms with Crippen molar-refractivity contribution in [2.24, 2.45) is 5.73 Å². The molecule has 15 heavy (non-hydrogen) atoms. The van der Waals surface area contributed by atoms with E-state index in [4.69, 9.17) is 5.73 Å². The van der Waals surface area contributed by atoms with Crippen LogP contribution in [0.3, 0.4) is 0 Å². The molecule has 0 unspecified atom stereocenters. The molecule has 0 radical (unpaired) electrons. The number of carbonyl (C=O) groups is 1. The summed E-state index contributed by atoms with van der Waals surface area (Å²) < 4.78 is 1.62. The van der Waals surface area contributed by atoms with Crippen LogP contribution in [0.1, 0.15) is 40.3 Å². The van der Waals surface area contributed by atoms with Gasteiger partial charge in [-0.2, -0.15) is 5.10 Å². The zero-order valence-electron chi connectivity index (χ0n) is 10.0. The minimum absolute atomic E-state index is 0.0149. The van der Waals surface area contributed by atoms with E-state index >= 15 is 0 Å². The summed E-state index contributed by atoms with van der Waals surface area (Å²) in [6.45, 7) is 9.76. The smallest absolute Gasteiger partial charge is 0.244 e. The molecule has 0 saturated heterocycles. The van der Waals surface area contributed by atoms with Crippen molar-refractivity contribution in [1.82, 2.24) is 9.78 Å². The van der Waals surface area contributed by atoms with Crippen LogP contribution in [0, 0.1) is 0 Å². The Kier molecular flexibility index (Phi) is 2.63. The van der Waals surface area contributed by atoms with Gasteiger partial charge < -0.3 is 5.73 Å². The van der Waals surface area contributed by atoms with Crippen LogP contribution in [0.2, 0.25) is 0 Å². The lowest BCUT2D eigenvalue weighted by molar-refractivity contribution is -0.125. The summed E-state index contributed by atoms with van der Waals surface area (Å²) in [6.07, 6.45) is 1.80. The second-order valence-electron chi connectivity index (χ2n) is 5.32. The molecule has 0 saturated carbocycles. The lowest BCUT2D eigenvalue weighted by Crippen LogP contribution is -2.41. The number of carbonyl (C=O) groups excluding carboxylic acids is 1. The van der Waals surface area contributed by atoms with Gasteiger partial charge in [0.1, 0.15) is 5.54 Å². The van der Waals surface area contributed by atoms with E-state index in [0.717, 1.165) is 5.69 Å². The summed E-state index contributed by atoms with van der Waals surface area (Å²) in [7, 11) is 0. The third-order valence-electron chi connectivity index (χ3n) is 2.53. The van der Waals surface area contributed by atoms with Crippen molar-refractivity contribution >= 4 is 5.91 Å². The van der Waals surface area contributed by atoms with Crippen molar-refractivity contribution in [3.05, 3.63) is 18.0 Å². The molecule has 1 aromatic rings. The molecule has 4 nitrogen and oxygen atoms in total. The third-order valence-corrected chi connectivity index (χ3v) is 2.53. The lowest BCUT2D eigenvalue weighted by Gasteiger charge is -2.22. The van der Waals surface area contributed by atoms with Crippen molar-refractivity contribution in [3.8, 4) is 0 Å². The van der Waals surface area contributed by atoms with Crippen molar-refractivity contribution in [2.45, 2.75) is 45.6 Å². The van der Waals surface area contributed by atoms with Crippen molar-refractivity contribution in [2.75, 3.05) is 0 Å². The topological polar surface area (TPSA) is 60.9 Å². The molecular weight excluding hydrogens is 190 g/mol. The minimum atomic E-state index is -0.774. The van der Waals surface area contributed by atoms with Gasteiger partial charge in [-0.05, 0) is 19.9 Å². The molecule has 4 heteroatoms. The van der Waals surface area contributed by atoms with Crippen LogP contribution in [-0.2, 0) is 15.7 Å². The van der Waals surface area contributed by atoms with Gasteiger partial charge in [-0.3, -0.25) is 9.48 Å². The molecule has 84 valence electrons. The molecule has 1 heterocycles. The largest absolute Gasteiger partial charge is 0.368 e. The average molecular weight is 209 g/mol.